The van der Waals surface area contributed by atoms with Crippen molar-refractivity contribution in [2.75, 3.05) is 25.5 Å². The lowest BCUT2D eigenvalue weighted by Crippen LogP contribution is -2.07. The molecular weight excluding hydrogens is 565 g/mol. The Kier molecular flexibility index (Phi) is 10.4. The van der Waals surface area contributed by atoms with Crippen LogP contribution < -0.4 is 10.3 Å². The van der Waals surface area contributed by atoms with Gasteiger partial charge in [-0.05, 0) is 67.7 Å². The molecule has 2 aromatic heterocycles. The number of ether oxygens (including phenoxy) is 1. The van der Waals surface area contributed by atoms with E-state index in [0.29, 0.717) is 43.1 Å². The van der Waals surface area contributed by atoms with Crippen LogP contribution in [0.4, 0.5) is 5.82 Å². The summed E-state index contributed by atoms with van der Waals surface area (Å²) in [6.07, 6.45) is 4.95. The number of phosphoric ester groups is 1. The lowest BCUT2D eigenvalue weighted by atomic mass is 10.1. The fourth-order valence-corrected chi connectivity index (χ4v) is 5.23. The van der Waals surface area contributed by atoms with Gasteiger partial charge in [-0.25, -0.2) is 19.5 Å². The summed E-state index contributed by atoms with van der Waals surface area (Å²) < 4.78 is 24.2. The van der Waals surface area contributed by atoms with Crippen molar-refractivity contribution in [1.82, 2.24) is 14.5 Å². The van der Waals surface area contributed by atoms with Crippen molar-refractivity contribution in [3.8, 4) is 11.5 Å². The van der Waals surface area contributed by atoms with Gasteiger partial charge in [0.1, 0.15) is 22.8 Å². The Morgan fingerprint density at radius 3 is 2.66 bits per heavy atom. The number of phenolic OH excluding ortho intramolecular Hbond substituents is 1. The summed E-state index contributed by atoms with van der Waals surface area (Å²) in [5.74, 6) is 0.972. The molecule has 0 unspecified atom stereocenters. The van der Waals surface area contributed by atoms with Crippen LogP contribution in [-0.4, -0.2) is 54.3 Å². The van der Waals surface area contributed by atoms with E-state index in [1.807, 2.05) is 22.8 Å². The monoisotopic (exact) mass is 599 g/mol. The van der Waals surface area contributed by atoms with E-state index >= 15 is 0 Å². The zero-order valence-corrected chi connectivity index (χ0v) is 24.5. The standard InChI is InChI=1S/C28H34N5O6PS/c1-2-3-7-25-32-26-27(33(25)17-20-16-21(34)9-11-24(20)39-40(35,36)37)22-10-8-19(15-23(22)31-28(26)29)6-4-13-38-14-5-12-30-18-41/h8-11,15-16,34H,2-7,12-14,17H2,1H3,(H2,29,31)(H2,35,36,37). The number of nitrogens with zero attached hydrogens (tertiary/aromatic N) is 4. The Bertz CT molecular complexity index is 1620. The van der Waals surface area contributed by atoms with E-state index in [1.54, 1.807) is 0 Å². The molecule has 0 fully saturated rings. The summed E-state index contributed by atoms with van der Waals surface area (Å²) in [5.41, 5.74) is 9.93. The van der Waals surface area contributed by atoms with Crippen molar-refractivity contribution < 1.29 is 28.7 Å². The van der Waals surface area contributed by atoms with Gasteiger partial charge >= 0.3 is 7.82 Å². The lowest BCUT2D eigenvalue weighted by Gasteiger charge is -2.16. The molecule has 0 spiro atoms. The third kappa shape index (κ3) is 8.10. The number of phosphoric acid groups is 1. The second kappa shape index (κ2) is 14.0. The second-order valence-corrected chi connectivity index (χ2v) is 11.0. The molecule has 11 nitrogen and oxygen atoms in total. The highest BCUT2D eigenvalue weighted by atomic mass is 32.1. The van der Waals surface area contributed by atoms with Crippen LogP contribution in [0, 0.1) is 0 Å². The molecule has 0 bridgehead atoms. The first-order chi connectivity index (χ1) is 19.7. The Morgan fingerprint density at radius 2 is 1.90 bits per heavy atom. The summed E-state index contributed by atoms with van der Waals surface area (Å²) in [6.45, 7) is 4.11. The molecule has 13 heteroatoms. The number of nitrogen functional groups attached to an aromatic ring is 1. The molecule has 5 N–H and O–H groups in total. The van der Waals surface area contributed by atoms with Gasteiger partial charge in [0.25, 0.3) is 0 Å². The van der Waals surface area contributed by atoms with Gasteiger partial charge in [-0.2, -0.15) is 0 Å². The zero-order chi connectivity index (χ0) is 29.4. The average Bonchev–Trinajstić information content (AvgIpc) is 3.28. The number of thiocarbonyl (C=S) groups is 1. The van der Waals surface area contributed by atoms with Crippen LogP contribution in [0.3, 0.4) is 0 Å². The maximum atomic E-state index is 11.6. The molecule has 4 aromatic rings. The van der Waals surface area contributed by atoms with Gasteiger partial charge in [-0.3, -0.25) is 9.79 Å². The number of aliphatic imine (C=N–C) groups is 1. The van der Waals surface area contributed by atoms with E-state index in [-0.39, 0.29) is 18.0 Å². The molecule has 0 aliphatic heterocycles. The maximum Gasteiger partial charge on any atom is 0.524 e. The highest BCUT2D eigenvalue weighted by Gasteiger charge is 2.22. The number of aromatic nitrogens is 3. The third-order valence-corrected chi connectivity index (χ3v) is 7.13. The normalized spacial score (nSPS) is 11.7. The van der Waals surface area contributed by atoms with E-state index in [0.717, 1.165) is 59.9 Å². The van der Waals surface area contributed by atoms with Gasteiger partial charge < -0.3 is 24.7 Å². The van der Waals surface area contributed by atoms with E-state index < -0.39 is 7.82 Å². The molecule has 4 rings (SSSR count). The Hall–Kier alpha value is -3.37. The molecule has 2 aromatic carbocycles. The highest BCUT2D eigenvalue weighted by Crippen LogP contribution is 2.41. The largest absolute Gasteiger partial charge is 0.524 e. The third-order valence-electron chi connectivity index (χ3n) is 6.57. The van der Waals surface area contributed by atoms with Crippen LogP contribution in [0.25, 0.3) is 21.9 Å². The van der Waals surface area contributed by atoms with Crippen LogP contribution in [0.5, 0.6) is 11.5 Å². The number of isothiocyanates is 1. The first-order valence-corrected chi connectivity index (χ1v) is 15.4. The van der Waals surface area contributed by atoms with Gasteiger partial charge in [0, 0.05) is 30.6 Å². The second-order valence-electron chi connectivity index (χ2n) is 9.68. The van der Waals surface area contributed by atoms with Crippen molar-refractivity contribution in [2.45, 2.75) is 52.0 Å². The van der Waals surface area contributed by atoms with Gasteiger partial charge in [0.2, 0.25) is 0 Å². The summed E-state index contributed by atoms with van der Waals surface area (Å²) in [6, 6.07) is 10.1. The minimum Gasteiger partial charge on any atom is -0.508 e. The molecule has 0 saturated heterocycles. The predicted octanol–water partition coefficient (Wildman–Crippen LogP) is 5.18. The number of anilines is 1. The van der Waals surface area contributed by atoms with Crippen LogP contribution in [0.2, 0.25) is 0 Å². The average molecular weight is 600 g/mol. The molecule has 0 radical (unpaired) electrons. The van der Waals surface area contributed by atoms with Crippen LogP contribution in [0.1, 0.15) is 49.6 Å². The van der Waals surface area contributed by atoms with Crippen LogP contribution in [0.15, 0.2) is 41.4 Å². The van der Waals surface area contributed by atoms with E-state index in [4.69, 9.17) is 20.0 Å². The number of hydrogen-bond donors (Lipinski definition) is 4. The van der Waals surface area contributed by atoms with Gasteiger partial charge in [0.05, 0.1) is 29.3 Å². The summed E-state index contributed by atoms with van der Waals surface area (Å²) in [4.78, 5) is 32.2. The highest BCUT2D eigenvalue weighted by molar-refractivity contribution is 7.78. The van der Waals surface area contributed by atoms with E-state index in [1.165, 1.54) is 18.2 Å². The summed E-state index contributed by atoms with van der Waals surface area (Å²) >= 11 is 4.56. The van der Waals surface area contributed by atoms with Gasteiger partial charge in [-0.1, -0.05) is 25.5 Å². The quantitative estimate of drug-likeness (QED) is 0.0619. The number of phenols is 1. The fourth-order valence-electron chi connectivity index (χ4n) is 4.70. The smallest absolute Gasteiger partial charge is 0.508 e. The molecule has 0 amide bonds. The minimum absolute atomic E-state index is 0.0262. The fraction of sp³-hybridized carbons (Fsp3) is 0.393. The number of aryl methyl sites for hydroxylation is 2. The van der Waals surface area contributed by atoms with Crippen molar-refractivity contribution >= 4 is 53.0 Å². The zero-order valence-electron chi connectivity index (χ0n) is 22.8. The summed E-state index contributed by atoms with van der Waals surface area (Å²) in [5, 5.41) is 13.4. The number of unbranched alkanes of at least 4 members (excludes halogenated alkanes) is 1. The number of rotatable bonds is 15. The molecule has 0 aliphatic rings. The predicted molar refractivity (Wildman–Crippen MR) is 162 cm³/mol. The molecule has 0 saturated carbocycles. The molecule has 218 valence electrons. The SMILES string of the molecule is CCCCc1nc2c(N)nc3cc(CCCOCCCN=C=S)ccc3c2n1Cc1cc(O)ccc1OP(=O)(O)O. The Balaban J connectivity index is 1.68. The number of hydrogen-bond acceptors (Lipinski definition) is 9. The van der Waals surface area contributed by atoms with Crippen LogP contribution >= 0.6 is 20.0 Å². The van der Waals surface area contributed by atoms with Crippen molar-refractivity contribution in [3.63, 3.8) is 0 Å². The van der Waals surface area contributed by atoms with Crippen molar-refractivity contribution in [3.05, 3.63) is 53.3 Å². The number of nitrogens with two attached hydrogens (primary N) is 1. The molecule has 0 atom stereocenters. The number of fused-ring (bicyclic) bond motifs is 3. The molecule has 0 aliphatic carbocycles. The van der Waals surface area contributed by atoms with E-state index in [2.05, 4.69) is 34.3 Å². The van der Waals surface area contributed by atoms with Crippen LogP contribution in [-0.2, 0) is 28.7 Å². The summed E-state index contributed by atoms with van der Waals surface area (Å²) in [7, 11) is -4.83. The first-order valence-electron chi connectivity index (χ1n) is 13.5. The topological polar surface area (TPSA) is 165 Å². The Labute approximate surface area is 243 Å². The molecule has 2 heterocycles. The Morgan fingerprint density at radius 1 is 1.10 bits per heavy atom. The van der Waals surface area contributed by atoms with Gasteiger partial charge in [0.15, 0.2) is 5.82 Å². The maximum absolute atomic E-state index is 11.6. The number of imidazole rings is 1. The number of aromatic hydroxyl groups is 1. The van der Waals surface area contributed by atoms with Crippen molar-refractivity contribution in [1.29, 1.82) is 0 Å². The van der Waals surface area contributed by atoms with Gasteiger partial charge in [-0.15, -0.1) is 0 Å². The minimum atomic E-state index is -4.83. The van der Waals surface area contributed by atoms with E-state index in [9.17, 15) is 19.5 Å². The number of pyridine rings is 1. The molecule has 41 heavy (non-hydrogen) atoms. The first kappa shape index (κ1) is 30.6. The number of benzene rings is 2. The van der Waals surface area contributed by atoms with Crippen molar-refractivity contribution in [2.24, 2.45) is 4.99 Å². The molecular formula is C28H34N5O6PS. The lowest BCUT2D eigenvalue weighted by molar-refractivity contribution is 0.131.